The van der Waals surface area contributed by atoms with Crippen LogP contribution in [0.5, 0.6) is 11.5 Å². The van der Waals surface area contributed by atoms with E-state index < -0.39 is 12.0 Å². The van der Waals surface area contributed by atoms with E-state index >= 15 is 0 Å². The van der Waals surface area contributed by atoms with E-state index in [0.717, 1.165) is 5.69 Å². The number of rotatable bonds is 12. The molecule has 36 heavy (non-hydrogen) atoms. The molecule has 188 valence electrons. The van der Waals surface area contributed by atoms with Crippen molar-refractivity contribution in [3.63, 3.8) is 0 Å². The topological polar surface area (TPSA) is 139 Å². The number of carbonyl (C=O) groups excluding carboxylic acids is 1. The lowest BCUT2D eigenvalue weighted by Gasteiger charge is -2.15. The molecule has 4 N–H and O–H groups in total. The summed E-state index contributed by atoms with van der Waals surface area (Å²) in [7, 11) is 0. The van der Waals surface area contributed by atoms with Crippen LogP contribution in [-0.4, -0.2) is 56.9 Å². The van der Waals surface area contributed by atoms with E-state index in [9.17, 15) is 9.90 Å². The van der Waals surface area contributed by atoms with Crippen molar-refractivity contribution in [2.75, 3.05) is 25.1 Å². The summed E-state index contributed by atoms with van der Waals surface area (Å²) >= 11 is 7.93. The van der Waals surface area contributed by atoms with Gasteiger partial charge in [-0.25, -0.2) is 15.0 Å². The van der Waals surface area contributed by atoms with Crippen LogP contribution in [0, 0.1) is 0 Å². The summed E-state index contributed by atoms with van der Waals surface area (Å²) in [5, 5.41) is 27.3. The standard InChI is InChI=1S/C24H24ClN5O5S/c25-17-10-15(4-5-20(17)35-11-16-12-36-14-29-16)30-23-22-18(27-13-28-23)2-1-3-21(22)34-9-7-26-24(33)19(32)6-8-31/h1-5,10,12-14,19,31-32H,6-9,11H2,(H,26,33)(H,27,28,30)/t19-/m1/s1. The second-order valence-corrected chi connectivity index (χ2v) is 8.70. The number of nitrogens with zero attached hydrogens (tertiary/aromatic N) is 3. The molecule has 2 heterocycles. The Balaban J connectivity index is 1.44. The second kappa shape index (κ2) is 12.5. The lowest BCUT2D eigenvalue weighted by Crippen LogP contribution is -2.37. The van der Waals surface area contributed by atoms with Crippen molar-refractivity contribution in [2.45, 2.75) is 19.1 Å². The van der Waals surface area contributed by atoms with Gasteiger partial charge in [0.05, 0.1) is 33.7 Å². The number of aromatic nitrogens is 3. The highest BCUT2D eigenvalue weighted by Gasteiger charge is 2.14. The largest absolute Gasteiger partial charge is 0.491 e. The molecule has 10 nitrogen and oxygen atoms in total. The Kier molecular flexibility index (Phi) is 8.85. The van der Waals surface area contributed by atoms with Crippen LogP contribution in [0.25, 0.3) is 10.9 Å². The molecule has 0 bridgehead atoms. The minimum atomic E-state index is -1.26. The molecule has 1 amide bonds. The first-order valence-corrected chi connectivity index (χ1v) is 12.4. The quantitative estimate of drug-likeness (QED) is 0.203. The number of hydrogen-bond acceptors (Lipinski definition) is 10. The normalized spacial score (nSPS) is 11.8. The molecule has 4 rings (SSSR count). The van der Waals surface area contributed by atoms with Gasteiger partial charge in [-0.05, 0) is 30.3 Å². The summed E-state index contributed by atoms with van der Waals surface area (Å²) < 4.78 is 11.6. The number of hydrogen-bond donors (Lipinski definition) is 4. The van der Waals surface area contributed by atoms with Gasteiger partial charge < -0.3 is 30.3 Å². The Morgan fingerprint density at radius 3 is 2.81 bits per heavy atom. The van der Waals surface area contributed by atoms with Gasteiger partial charge >= 0.3 is 0 Å². The Hall–Kier alpha value is -3.51. The number of amides is 1. The summed E-state index contributed by atoms with van der Waals surface area (Å²) in [5.41, 5.74) is 3.94. The SMILES string of the molecule is O=C(NCCOc1cccc2ncnc(Nc3ccc(OCc4cscn4)c(Cl)c3)c12)[C@H](O)CCO. The lowest BCUT2D eigenvalue weighted by molar-refractivity contribution is -0.130. The summed E-state index contributed by atoms with van der Waals surface area (Å²) in [4.78, 5) is 24.7. The van der Waals surface area contributed by atoms with Gasteiger partial charge in [0, 0.05) is 24.1 Å². The maximum atomic E-state index is 11.8. The van der Waals surface area contributed by atoms with Gasteiger partial charge in [0.25, 0.3) is 0 Å². The molecule has 0 aliphatic rings. The predicted octanol–water partition coefficient (Wildman–Crippen LogP) is 3.30. The van der Waals surface area contributed by atoms with Crippen LogP contribution >= 0.6 is 22.9 Å². The predicted molar refractivity (Wildman–Crippen MR) is 137 cm³/mol. The van der Waals surface area contributed by atoms with Crippen molar-refractivity contribution in [3.8, 4) is 11.5 Å². The van der Waals surface area contributed by atoms with Gasteiger partial charge in [0.2, 0.25) is 5.91 Å². The second-order valence-electron chi connectivity index (χ2n) is 7.58. The van der Waals surface area contributed by atoms with Crippen LogP contribution in [0.3, 0.4) is 0 Å². The Morgan fingerprint density at radius 2 is 2.03 bits per heavy atom. The van der Waals surface area contributed by atoms with E-state index in [2.05, 4.69) is 25.6 Å². The molecule has 0 aliphatic heterocycles. The lowest BCUT2D eigenvalue weighted by atomic mass is 10.2. The van der Waals surface area contributed by atoms with Crippen LogP contribution in [0.1, 0.15) is 12.1 Å². The molecule has 2 aromatic heterocycles. The fraction of sp³-hybridized carbons (Fsp3) is 0.250. The van der Waals surface area contributed by atoms with Crippen LogP contribution in [-0.2, 0) is 11.4 Å². The number of aliphatic hydroxyl groups excluding tert-OH is 2. The van der Waals surface area contributed by atoms with Crippen molar-refractivity contribution in [3.05, 3.63) is 64.3 Å². The fourth-order valence-corrected chi connectivity index (χ4v) is 4.07. The highest BCUT2D eigenvalue weighted by molar-refractivity contribution is 7.07. The van der Waals surface area contributed by atoms with Gasteiger partial charge in [-0.15, -0.1) is 11.3 Å². The molecule has 0 saturated carbocycles. The molecule has 0 fully saturated rings. The molecule has 0 radical (unpaired) electrons. The average molecular weight is 530 g/mol. The zero-order valence-corrected chi connectivity index (χ0v) is 20.6. The smallest absolute Gasteiger partial charge is 0.249 e. The molecular weight excluding hydrogens is 506 g/mol. The third-order valence-electron chi connectivity index (χ3n) is 5.04. The maximum Gasteiger partial charge on any atom is 0.249 e. The maximum absolute atomic E-state index is 11.8. The number of ether oxygens (including phenoxy) is 2. The van der Waals surface area contributed by atoms with Gasteiger partial charge in [-0.3, -0.25) is 4.79 Å². The number of halogens is 1. The summed E-state index contributed by atoms with van der Waals surface area (Å²) in [6, 6.07) is 10.8. The molecule has 0 aliphatic carbocycles. The number of carbonyl (C=O) groups is 1. The first-order chi connectivity index (χ1) is 17.5. The molecular formula is C24H24ClN5O5S. The number of aliphatic hydroxyl groups is 2. The Morgan fingerprint density at radius 1 is 1.14 bits per heavy atom. The van der Waals surface area contributed by atoms with E-state index in [1.807, 2.05) is 23.6 Å². The van der Waals surface area contributed by atoms with Gasteiger partial charge in [0.15, 0.2) is 0 Å². The number of fused-ring (bicyclic) bond motifs is 1. The van der Waals surface area contributed by atoms with Crippen molar-refractivity contribution in [1.29, 1.82) is 0 Å². The molecule has 1 atom stereocenters. The molecule has 12 heteroatoms. The Labute approximate surface area is 215 Å². The average Bonchev–Trinajstić information content (AvgIpc) is 3.40. The van der Waals surface area contributed by atoms with Gasteiger partial charge in [0.1, 0.15) is 43.0 Å². The third-order valence-corrected chi connectivity index (χ3v) is 5.97. The fourth-order valence-electron chi connectivity index (χ4n) is 3.29. The highest BCUT2D eigenvalue weighted by atomic mass is 35.5. The van der Waals surface area contributed by atoms with Gasteiger partial charge in [-0.2, -0.15) is 0 Å². The number of anilines is 2. The first kappa shape index (κ1) is 25.6. The van der Waals surface area contributed by atoms with E-state index in [0.29, 0.717) is 45.5 Å². The minimum Gasteiger partial charge on any atom is -0.491 e. The zero-order chi connectivity index (χ0) is 25.3. The van der Waals surface area contributed by atoms with Crippen molar-refractivity contribution >= 4 is 51.3 Å². The monoisotopic (exact) mass is 529 g/mol. The van der Waals surface area contributed by atoms with E-state index in [1.54, 1.807) is 23.7 Å². The summed E-state index contributed by atoms with van der Waals surface area (Å²) in [5.74, 6) is 1.02. The third kappa shape index (κ3) is 6.58. The zero-order valence-electron chi connectivity index (χ0n) is 19.1. The van der Waals surface area contributed by atoms with Crippen molar-refractivity contribution in [2.24, 2.45) is 0 Å². The summed E-state index contributed by atoms with van der Waals surface area (Å²) in [6.45, 7) is 0.381. The molecule has 2 aromatic carbocycles. The van der Waals surface area contributed by atoms with Crippen LogP contribution < -0.4 is 20.1 Å². The van der Waals surface area contributed by atoms with E-state index in [-0.39, 0.29) is 26.2 Å². The number of thiazole rings is 1. The number of nitrogens with one attached hydrogen (secondary N) is 2. The van der Waals surface area contributed by atoms with Crippen LogP contribution in [0.15, 0.2) is 53.6 Å². The molecule has 0 saturated heterocycles. The minimum absolute atomic E-state index is 0.0225. The molecule has 4 aromatic rings. The van der Waals surface area contributed by atoms with Crippen LogP contribution in [0.2, 0.25) is 5.02 Å². The summed E-state index contributed by atoms with van der Waals surface area (Å²) in [6.07, 6.45) is 0.169. The van der Waals surface area contributed by atoms with E-state index in [4.69, 9.17) is 26.2 Å². The van der Waals surface area contributed by atoms with E-state index in [1.165, 1.54) is 17.7 Å². The highest BCUT2D eigenvalue weighted by Crippen LogP contribution is 2.34. The van der Waals surface area contributed by atoms with Gasteiger partial charge in [-0.1, -0.05) is 17.7 Å². The first-order valence-electron chi connectivity index (χ1n) is 11.0. The molecule has 0 unspecified atom stereocenters. The molecule has 0 spiro atoms. The van der Waals surface area contributed by atoms with Crippen molar-refractivity contribution < 1.29 is 24.5 Å². The van der Waals surface area contributed by atoms with Crippen LogP contribution in [0.4, 0.5) is 11.5 Å². The Bertz CT molecular complexity index is 1300. The van der Waals surface area contributed by atoms with Crippen molar-refractivity contribution in [1.82, 2.24) is 20.3 Å². The number of benzene rings is 2.